The first-order chi connectivity index (χ1) is 13.7. The Hall–Kier alpha value is -2.12. The number of nitrogens with zero attached hydrogens (tertiary/aromatic N) is 3. The van der Waals surface area contributed by atoms with Gasteiger partial charge in [-0.15, -0.1) is 11.3 Å². The van der Waals surface area contributed by atoms with Gasteiger partial charge in [0.05, 0.1) is 18.8 Å². The summed E-state index contributed by atoms with van der Waals surface area (Å²) in [5.74, 6) is 2.25. The van der Waals surface area contributed by atoms with Gasteiger partial charge in [-0.3, -0.25) is 9.69 Å². The van der Waals surface area contributed by atoms with Crippen molar-refractivity contribution in [2.75, 3.05) is 39.4 Å². The van der Waals surface area contributed by atoms with Crippen LogP contribution in [0.2, 0.25) is 0 Å². The molecule has 0 bridgehead atoms. The molecule has 1 aliphatic carbocycles. The SMILES string of the molecule is CCOc1ccc(OCC(=O)N2CCN(Cc3nc(C4CC4)cs3)CC2)cc1. The highest BCUT2D eigenvalue weighted by molar-refractivity contribution is 7.09. The Balaban J connectivity index is 1.19. The van der Waals surface area contributed by atoms with E-state index in [4.69, 9.17) is 14.5 Å². The molecule has 0 N–H and O–H groups in total. The van der Waals surface area contributed by atoms with Crippen LogP contribution < -0.4 is 9.47 Å². The number of piperazine rings is 1. The average molecular weight is 402 g/mol. The van der Waals surface area contributed by atoms with Gasteiger partial charge in [-0.1, -0.05) is 0 Å². The van der Waals surface area contributed by atoms with Crippen molar-refractivity contribution < 1.29 is 14.3 Å². The molecule has 1 aromatic carbocycles. The van der Waals surface area contributed by atoms with Crippen molar-refractivity contribution in [2.45, 2.75) is 32.2 Å². The van der Waals surface area contributed by atoms with Crippen LogP contribution in [-0.4, -0.2) is 60.1 Å². The lowest BCUT2D eigenvalue weighted by Crippen LogP contribution is -2.49. The summed E-state index contributed by atoms with van der Waals surface area (Å²) in [5, 5.41) is 3.41. The van der Waals surface area contributed by atoms with Crippen LogP contribution in [0.15, 0.2) is 29.6 Å². The number of rotatable bonds is 8. The first-order valence-electron chi connectivity index (χ1n) is 10.0. The van der Waals surface area contributed by atoms with E-state index in [1.807, 2.05) is 36.1 Å². The van der Waals surface area contributed by atoms with E-state index < -0.39 is 0 Å². The Morgan fingerprint density at radius 1 is 1.11 bits per heavy atom. The van der Waals surface area contributed by atoms with Crippen LogP contribution in [0.1, 0.15) is 36.4 Å². The number of thiazole rings is 1. The first-order valence-corrected chi connectivity index (χ1v) is 10.9. The lowest BCUT2D eigenvalue weighted by Gasteiger charge is -2.34. The van der Waals surface area contributed by atoms with Gasteiger partial charge in [-0.25, -0.2) is 4.98 Å². The minimum Gasteiger partial charge on any atom is -0.494 e. The molecule has 2 fully saturated rings. The van der Waals surface area contributed by atoms with Crippen molar-refractivity contribution in [1.29, 1.82) is 0 Å². The molecule has 1 saturated carbocycles. The van der Waals surface area contributed by atoms with Crippen LogP contribution in [0.5, 0.6) is 11.5 Å². The van der Waals surface area contributed by atoms with E-state index in [0.717, 1.165) is 44.4 Å². The molecule has 1 saturated heterocycles. The second-order valence-electron chi connectivity index (χ2n) is 7.29. The molecule has 2 aromatic rings. The fourth-order valence-electron chi connectivity index (χ4n) is 3.35. The van der Waals surface area contributed by atoms with Crippen molar-refractivity contribution in [2.24, 2.45) is 0 Å². The van der Waals surface area contributed by atoms with Gasteiger partial charge in [-0.2, -0.15) is 0 Å². The summed E-state index contributed by atoms with van der Waals surface area (Å²) in [6.07, 6.45) is 2.59. The molecule has 0 radical (unpaired) electrons. The number of aromatic nitrogens is 1. The summed E-state index contributed by atoms with van der Waals surface area (Å²) in [5.41, 5.74) is 1.28. The summed E-state index contributed by atoms with van der Waals surface area (Å²) in [6, 6.07) is 7.38. The standard InChI is InChI=1S/C21H27N3O3S/c1-2-26-17-5-7-18(8-6-17)27-14-21(25)24-11-9-23(10-12-24)13-20-22-19(15-28-20)16-3-4-16/h5-8,15-16H,2-4,9-14H2,1H3. The van der Waals surface area contributed by atoms with E-state index in [2.05, 4.69) is 10.3 Å². The molecule has 1 amide bonds. The van der Waals surface area contributed by atoms with E-state index in [9.17, 15) is 4.79 Å². The quantitative estimate of drug-likeness (QED) is 0.680. The van der Waals surface area contributed by atoms with Crippen molar-refractivity contribution in [3.05, 3.63) is 40.3 Å². The third-order valence-electron chi connectivity index (χ3n) is 5.15. The predicted molar refractivity (Wildman–Crippen MR) is 109 cm³/mol. The fourth-order valence-corrected chi connectivity index (χ4v) is 4.26. The number of hydrogen-bond acceptors (Lipinski definition) is 6. The zero-order chi connectivity index (χ0) is 19.3. The summed E-state index contributed by atoms with van der Waals surface area (Å²) in [6.45, 7) is 6.80. The van der Waals surface area contributed by atoms with E-state index in [1.165, 1.54) is 23.5 Å². The number of benzene rings is 1. The molecule has 1 aromatic heterocycles. The maximum Gasteiger partial charge on any atom is 0.260 e. The van der Waals surface area contributed by atoms with E-state index in [0.29, 0.717) is 12.4 Å². The van der Waals surface area contributed by atoms with E-state index >= 15 is 0 Å². The lowest BCUT2D eigenvalue weighted by atomic mass is 10.3. The highest BCUT2D eigenvalue weighted by Gasteiger charge is 2.27. The third-order valence-corrected chi connectivity index (χ3v) is 6.00. The average Bonchev–Trinajstić information content (AvgIpc) is 3.47. The normalized spacial score (nSPS) is 17.5. The maximum absolute atomic E-state index is 12.4. The molecule has 0 spiro atoms. The molecule has 2 heterocycles. The van der Waals surface area contributed by atoms with Gasteiger partial charge in [0.2, 0.25) is 0 Å². The summed E-state index contributed by atoms with van der Waals surface area (Å²) < 4.78 is 11.1. The number of carbonyl (C=O) groups is 1. The molecular weight excluding hydrogens is 374 g/mol. The molecule has 6 nitrogen and oxygen atoms in total. The number of carbonyl (C=O) groups excluding carboxylic acids is 1. The van der Waals surface area contributed by atoms with Crippen LogP contribution in [0.4, 0.5) is 0 Å². The van der Waals surface area contributed by atoms with Gasteiger partial charge in [0.15, 0.2) is 6.61 Å². The van der Waals surface area contributed by atoms with E-state index in [-0.39, 0.29) is 12.5 Å². The third kappa shape index (κ3) is 5.02. The van der Waals surface area contributed by atoms with Crippen LogP contribution in [0.3, 0.4) is 0 Å². The fraction of sp³-hybridized carbons (Fsp3) is 0.524. The van der Waals surface area contributed by atoms with Gasteiger partial charge < -0.3 is 14.4 Å². The minimum absolute atomic E-state index is 0.0406. The minimum atomic E-state index is 0.0406. The van der Waals surface area contributed by atoms with Gasteiger partial charge in [0.1, 0.15) is 16.5 Å². The maximum atomic E-state index is 12.4. The van der Waals surface area contributed by atoms with Crippen LogP contribution in [0, 0.1) is 0 Å². The topological polar surface area (TPSA) is 54.9 Å². The van der Waals surface area contributed by atoms with Crippen molar-refractivity contribution in [1.82, 2.24) is 14.8 Å². The van der Waals surface area contributed by atoms with E-state index in [1.54, 1.807) is 11.3 Å². The highest BCUT2D eigenvalue weighted by Crippen LogP contribution is 2.40. The molecule has 4 rings (SSSR count). The zero-order valence-electron chi connectivity index (χ0n) is 16.3. The Kier molecular flexibility index (Phi) is 6.12. The van der Waals surface area contributed by atoms with Crippen molar-refractivity contribution in [3.8, 4) is 11.5 Å². The Morgan fingerprint density at radius 3 is 2.43 bits per heavy atom. The number of ether oxygens (including phenoxy) is 2. The monoisotopic (exact) mass is 401 g/mol. The Bertz CT molecular complexity index is 780. The first kappa shape index (κ1) is 19.2. The molecule has 1 aliphatic heterocycles. The van der Waals surface area contributed by atoms with Gasteiger partial charge >= 0.3 is 0 Å². The highest BCUT2D eigenvalue weighted by atomic mass is 32.1. The smallest absolute Gasteiger partial charge is 0.260 e. The predicted octanol–water partition coefficient (Wildman–Crippen LogP) is 3.14. The summed E-state index contributed by atoms with van der Waals surface area (Å²) in [4.78, 5) is 21.5. The second-order valence-corrected chi connectivity index (χ2v) is 8.23. The number of amides is 1. The lowest BCUT2D eigenvalue weighted by molar-refractivity contribution is -0.135. The summed E-state index contributed by atoms with van der Waals surface area (Å²) in [7, 11) is 0. The molecule has 0 atom stereocenters. The Labute approximate surface area is 170 Å². The van der Waals surface area contributed by atoms with Crippen LogP contribution >= 0.6 is 11.3 Å². The van der Waals surface area contributed by atoms with Gasteiger partial charge in [0.25, 0.3) is 5.91 Å². The van der Waals surface area contributed by atoms with Crippen LogP contribution in [0.25, 0.3) is 0 Å². The number of hydrogen-bond donors (Lipinski definition) is 0. The summed E-state index contributed by atoms with van der Waals surface area (Å²) >= 11 is 1.77. The van der Waals surface area contributed by atoms with Crippen LogP contribution in [-0.2, 0) is 11.3 Å². The zero-order valence-corrected chi connectivity index (χ0v) is 17.1. The van der Waals surface area contributed by atoms with Crippen molar-refractivity contribution >= 4 is 17.2 Å². The molecule has 7 heteroatoms. The second kappa shape index (κ2) is 8.92. The van der Waals surface area contributed by atoms with Gasteiger partial charge in [0, 0.05) is 37.5 Å². The molecule has 150 valence electrons. The molecule has 0 unspecified atom stereocenters. The molecule has 28 heavy (non-hydrogen) atoms. The van der Waals surface area contributed by atoms with Crippen molar-refractivity contribution in [3.63, 3.8) is 0 Å². The Morgan fingerprint density at radius 2 is 1.79 bits per heavy atom. The molecule has 2 aliphatic rings. The van der Waals surface area contributed by atoms with Gasteiger partial charge in [-0.05, 0) is 44.0 Å². The molecular formula is C21H27N3O3S. The largest absolute Gasteiger partial charge is 0.494 e.